The van der Waals surface area contributed by atoms with Crippen molar-refractivity contribution in [2.75, 3.05) is 25.4 Å². The molecule has 0 bridgehead atoms. The van der Waals surface area contributed by atoms with Crippen LogP contribution in [0.3, 0.4) is 0 Å². The van der Waals surface area contributed by atoms with Gasteiger partial charge in [-0.2, -0.15) is 5.10 Å². The Bertz CT molecular complexity index is 133. The average molecular weight is 190 g/mol. The predicted octanol–water partition coefficient (Wildman–Crippen LogP) is 0.250. The van der Waals surface area contributed by atoms with Gasteiger partial charge in [0.25, 0.3) is 0 Å². The summed E-state index contributed by atoms with van der Waals surface area (Å²) in [6.45, 7) is 7.49. The van der Waals surface area contributed by atoms with Gasteiger partial charge in [-0.05, 0) is 13.1 Å². The minimum Gasteiger partial charge on any atom is -0.377 e. The maximum Gasteiger partial charge on any atom is 0.177 e. The molecule has 0 saturated carbocycles. The van der Waals surface area contributed by atoms with E-state index in [-0.39, 0.29) is 0 Å². The minimum atomic E-state index is 0.460. The molecule has 0 saturated heterocycles. The zero-order valence-corrected chi connectivity index (χ0v) is 8.60. The van der Waals surface area contributed by atoms with Crippen molar-refractivity contribution in [1.82, 2.24) is 4.90 Å². The van der Waals surface area contributed by atoms with Crippen molar-refractivity contribution < 1.29 is 0 Å². The monoisotopic (exact) mass is 190 g/mol. The van der Waals surface area contributed by atoms with Gasteiger partial charge in [0.2, 0.25) is 0 Å². The van der Waals surface area contributed by atoms with Crippen LogP contribution in [0.25, 0.3) is 0 Å². The second-order valence-corrected chi connectivity index (χ2v) is 3.46. The molecule has 12 heavy (non-hydrogen) atoms. The number of hydrazone groups is 1. The molecular weight excluding hydrogens is 172 g/mol. The Morgan fingerprint density at radius 1 is 1.42 bits per heavy atom. The van der Waals surface area contributed by atoms with Gasteiger partial charge >= 0.3 is 0 Å². The first kappa shape index (κ1) is 11.6. The normalized spacial score (nSPS) is 12.4. The van der Waals surface area contributed by atoms with Gasteiger partial charge in [-0.3, -0.25) is 0 Å². The van der Waals surface area contributed by atoms with Crippen LogP contribution in [-0.4, -0.2) is 35.5 Å². The molecule has 0 amide bonds. The molecule has 0 aromatic rings. The molecule has 0 heterocycles. The van der Waals surface area contributed by atoms with Crippen LogP contribution in [-0.2, 0) is 0 Å². The van der Waals surface area contributed by atoms with Crippen molar-refractivity contribution in [2.24, 2.45) is 16.7 Å². The molecule has 4 nitrogen and oxygen atoms in total. The van der Waals surface area contributed by atoms with Gasteiger partial charge < -0.3 is 16.5 Å². The van der Waals surface area contributed by atoms with Crippen LogP contribution in [0.5, 0.6) is 0 Å². The van der Waals surface area contributed by atoms with E-state index in [1.54, 1.807) is 0 Å². The number of thioether (sulfide) groups is 1. The Morgan fingerprint density at radius 3 is 2.42 bits per heavy atom. The quantitative estimate of drug-likeness (QED) is 0.282. The van der Waals surface area contributed by atoms with Crippen molar-refractivity contribution in [3.63, 3.8) is 0 Å². The van der Waals surface area contributed by atoms with E-state index < -0.39 is 0 Å². The van der Waals surface area contributed by atoms with E-state index in [0.29, 0.717) is 5.17 Å². The average Bonchev–Trinajstić information content (AvgIpc) is 2.12. The van der Waals surface area contributed by atoms with Crippen LogP contribution in [0, 0.1) is 0 Å². The molecule has 0 aliphatic carbocycles. The Balaban J connectivity index is 3.41. The van der Waals surface area contributed by atoms with Crippen LogP contribution >= 0.6 is 11.8 Å². The molecule has 0 radical (unpaired) electrons. The third-order valence-corrected chi connectivity index (χ3v) is 2.47. The lowest BCUT2D eigenvalue weighted by atomic mass is 10.5. The third-order valence-electron chi connectivity index (χ3n) is 1.68. The molecule has 0 rings (SSSR count). The maximum absolute atomic E-state index is 5.41. The zero-order valence-electron chi connectivity index (χ0n) is 7.79. The van der Waals surface area contributed by atoms with E-state index in [1.807, 2.05) is 0 Å². The highest BCUT2D eigenvalue weighted by molar-refractivity contribution is 8.13. The van der Waals surface area contributed by atoms with Crippen LogP contribution < -0.4 is 11.6 Å². The van der Waals surface area contributed by atoms with Gasteiger partial charge in [0.15, 0.2) is 5.17 Å². The first-order valence-electron chi connectivity index (χ1n) is 4.13. The van der Waals surface area contributed by atoms with E-state index in [1.165, 1.54) is 11.8 Å². The summed E-state index contributed by atoms with van der Waals surface area (Å²) in [5, 5.41) is 3.84. The van der Waals surface area contributed by atoms with Crippen molar-refractivity contribution >= 4 is 16.9 Å². The van der Waals surface area contributed by atoms with Crippen molar-refractivity contribution in [3.05, 3.63) is 0 Å². The Kier molecular flexibility index (Phi) is 6.99. The zero-order chi connectivity index (χ0) is 9.40. The first-order valence-corrected chi connectivity index (χ1v) is 5.11. The molecule has 0 aliphatic rings. The summed E-state index contributed by atoms with van der Waals surface area (Å²) in [6, 6.07) is 0. The number of hydrogen-bond acceptors (Lipinski definition) is 4. The summed E-state index contributed by atoms with van der Waals surface area (Å²) < 4.78 is 0. The molecule has 0 fully saturated rings. The lowest BCUT2D eigenvalue weighted by Gasteiger charge is -2.16. The van der Waals surface area contributed by atoms with Crippen LogP contribution in [0.4, 0.5) is 0 Å². The summed E-state index contributed by atoms with van der Waals surface area (Å²) >= 11 is 1.50. The van der Waals surface area contributed by atoms with E-state index in [9.17, 15) is 0 Å². The summed E-state index contributed by atoms with van der Waals surface area (Å²) in [5.41, 5.74) is 5.41. The smallest absolute Gasteiger partial charge is 0.177 e. The summed E-state index contributed by atoms with van der Waals surface area (Å²) in [5.74, 6) is 5.94. The summed E-state index contributed by atoms with van der Waals surface area (Å²) in [4.78, 5) is 2.33. The van der Waals surface area contributed by atoms with Gasteiger partial charge in [-0.25, -0.2) is 0 Å². The second kappa shape index (κ2) is 7.24. The Hall–Kier alpha value is -0.420. The second-order valence-electron chi connectivity index (χ2n) is 2.34. The fraction of sp³-hybridized carbons (Fsp3) is 0.857. The fourth-order valence-electron chi connectivity index (χ4n) is 0.856. The van der Waals surface area contributed by atoms with Crippen molar-refractivity contribution in [1.29, 1.82) is 0 Å². The minimum absolute atomic E-state index is 0.460. The molecule has 0 aromatic carbocycles. The SMILES string of the molecule is CCN(CC)CCSC(N)=NN. The molecule has 5 heteroatoms. The summed E-state index contributed by atoms with van der Waals surface area (Å²) in [6.07, 6.45) is 0. The van der Waals surface area contributed by atoms with Gasteiger partial charge in [0.05, 0.1) is 0 Å². The molecular formula is C7H18N4S. The van der Waals surface area contributed by atoms with Crippen LogP contribution in [0.2, 0.25) is 0 Å². The molecule has 0 spiro atoms. The number of hydrogen-bond donors (Lipinski definition) is 2. The topological polar surface area (TPSA) is 67.6 Å². The van der Waals surface area contributed by atoms with Gasteiger partial charge in [-0.15, -0.1) is 0 Å². The highest BCUT2D eigenvalue weighted by atomic mass is 32.2. The Morgan fingerprint density at radius 2 is 2.00 bits per heavy atom. The molecule has 0 unspecified atom stereocenters. The van der Waals surface area contributed by atoms with Gasteiger partial charge in [-0.1, -0.05) is 25.6 Å². The molecule has 72 valence electrons. The fourth-order valence-corrected chi connectivity index (χ4v) is 1.49. The molecule has 0 aliphatic heterocycles. The highest BCUT2D eigenvalue weighted by Gasteiger charge is 1.99. The number of nitrogens with two attached hydrogens (primary N) is 2. The van der Waals surface area contributed by atoms with Crippen molar-refractivity contribution in [3.8, 4) is 0 Å². The third kappa shape index (κ3) is 5.26. The number of amidine groups is 1. The lowest BCUT2D eigenvalue weighted by Crippen LogP contribution is -2.26. The van der Waals surface area contributed by atoms with Crippen LogP contribution in [0.1, 0.15) is 13.8 Å². The van der Waals surface area contributed by atoms with Gasteiger partial charge in [0.1, 0.15) is 0 Å². The number of rotatable bonds is 5. The maximum atomic E-state index is 5.41. The van der Waals surface area contributed by atoms with E-state index in [4.69, 9.17) is 11.6 Å². The molecule has 0 aromatic heterocycles. The molecule has 0 atom stereocenters. The lowest BCUT2D eigenvalue weighted by molar-refractivity contribution is 0.324. The predicted molar refractivity (Wildman–Crippen MR) is 56.1 cm³/mol. The number of nitrogens with zero attached hydrogens (tertiary/aromatic N) is 2. The van der Waals surface area contributed by atoms with E-state index in [0.717, 1.165) is 25.4 Å². The standard InChI is InChI=1S/C7H18N4S/c1-3-11(4-2)5-6-12-7(8)10-9/h3-6,9H2,1-2H3,(H2,8,10). The van der Waals surface area contributed by atoms with E-state index >= 15 is 0 Å². The van der Waals surface area contributed by atoms with Gasteiger partial charge in [0, 0.05) is 12.3 Å². The first-order chi connectivity index (χ1) is 5.74. The van der Waals surface area contributed by atoms with Crippen LogP contribution in [0.15, 0.2) is 5.10 Å². The largest absolute Gasteiger partial charge is 0.377 e. The van der Waals surface area contributed by atoms with E-state index in [2.05, 4.69) is 23.8 Å². The molecule has 4 N–H and O–H groups in total. The highest BCUT2D eigenvalue weighted by Crippen LogP contribution is 1.99. The summed E-state index contributed by atoms with van der Waals surface area (Å²) in [7, 11) is 0. The van der Waals surface area contributed by atoms with Crippen molar-refractivity contribution in [2.45, 2.75) is 13.8 Å². The Labute approximate surface area is 78.4 Å².